The van der Waals surface area contributed by atoms with Crippen molar-refractivity contribution in [3.63, 3.8) is 0 Å². The first-order valence-electron chi connectivity index (χ1n) is 6.98. The van der Waals surface area contributed by atoms with Crippen molar-refractivity contribution in [2.24, 2.45) is 0 Å². The highest BCUT2D eigenvalue weighted by Crippen LogP contribution is 2.23. The predicted molar refractivity (Wildman–Crippen MR) is 91.9 cm³/mol. The van der Waals surface area contributed by atoms with Crippen LogP contribution in [0.4, 0.5) is 0 Å². The van der Waals surface area contributed by atoms with E-state index in [0.29, 0.717) is 21.4 Å². The molecule has 0 aliphatic carbocycles. The molecular weight excluding hydrogens is 387 g/mol. The third kappa shape index (κ3) is 3.11. The van der Waals surface area contributed by atoms with Crippen molar-refractivity contribution >= 4 is 45.5 Å². The van der Waals surface area contributed by atoms with Crippen LogP contribution in [0.1, 0.15) is 16.4 Å². The number of benzene rings is 1. The highest BCUT2D eigenvalue weighted by Gasteiger charge is 2.21. The van der Waals surface area contributed by atoms with E-state index in [1.165, 1.54) is 11.3 Å². The second-order valence-corrected chi connectivity index (χ2v) is 6.57. The SMILES string of the molecule is O=C(OCc1nc(-c2cccc(Cl)c2)no1)c1c(Cl)nc2sccn12. The van der Waals surface area contributed by atoms with E-state index in [1.54, 1.807) is 40.2 Å². The molecule has 126 valence electrons. The summed E-state index contributed by atoms with van der Waals surface area (Å²) in [5, 5.41) is 6.29. The van der Waals surface area contributed by atoms with Gasteiger partial charge in [-0.3, -0.25) is 4.40 Å². The highest BCUT2D eigenvalue weighted by atomic mass is 35.5. The summed E-state index contributed by atoms with van der Waals surface area (Å²) < 4.78 is 11.9. The molecule has 0 radical (unpaired) electrons. The van der Waals surface area contributed by atoms with Crippen molar-refractivity contribution in [1.29, 1.82) is 0 Å². The number of imidazole rings is 1. The summed E-state index contributed by atoms with van der Waals surface area (Å²) in [6, 6.07) is 7.03. The Hall–Kier alpha value is -2.42. The topological polar surface area (TPSA) is 82.5 Å². The fourth-order valence-corrected chi connectivity index (χ4v) is 3.40. The molecule has 0 spiro atoms. The molecule has 3 heterocycles. The van der Waals surface area contributed by atoms with Crippen LogP contribution in [0.5, 0.6) is 0 Å². The fourth-order valence-electron chi connectivity index (χ4n) is 2.20. The molecule has 25 heavy (non-hydrogen) atoms. The molecule has 4 aromatic rings. The van der Waals surface area contributed by atoms with Gasteiger partial charge in [-0.1, -0.05) is 40.5 Å². The Morgan fingerprint density at radius 3 is 3.04 bits per heavy atom. The largest absolute Gasteiger partial charge is 0.451 e. The molecule has 0 N–H and O–H groups in total. The van der Waals surface area contributed by atoms with Crippen molar-refractivity contribution in [3.05, 3.63) is 57.6 Å². The lowest BCUT2D eigenvalue weighted by Gasteiger charge is -2.00. The summed E-state index contributed by atoms with van der Waals surface area (Å²) in [7, 11) is 0. The van der Waals surface area contributed by atoms with Crippen LogP contribution in [0.3, 0.4) is 0 Å². The zero-order valence-corrected chi connectivity index (χ0v) is 14.7. The third-order valence-electron chi connectivity index (χ3n) is 3.29. The van der Waals surface area contributed by atoms with Crippen molar-refractivity contribution in [2.45, 2.75) is 6.61 Å². The number of rotatable bonds is 4. The summed E-state index contributed by atoms with van der Waals surface area (Å²) in [6.45, 7) is -0.180. The Morgan fingerprint density at radius 1 is 1.32 bits per heavy atom. The van der Waals surface area contributed by atoms with E-state index in [-0.39, 0.29) is 23.3 Å². The van der Waals surface area contributed by atoms with Crippen LogP contribution in [0.25, 0.3) is 16.3 Å². The van der Waals surface area contributed by atoms with Crippen LogP contribution < -0.4 is 0 Å². The van der Waals surface area contributed by atoms with Crippen LogP contribution in [0.2, 0.25) is 10.2 Å². The van der Waals surface area contributed by atoms with E-state index >= 15 is 0 Å². The number of halogens is 2. The molecule has 3 aromatic heterocycles. The summed E-state index contributed by atoms with van der Waals surface area (Å²) in [6.07, 6.45) is 1.69. The Kier molecular flexibility index (Phi) is 4.16. The lowest BCUT2D eigenvalue weighted by molar-refractivity contribution is 0.0422. The maximum absolute atomic E-state index is 12.3. The van der Waals surface area contributed by atoms with Gasteiger partial charge >= 0.3 is 5.97 Å². The molecule has 0 bridgehead atoms. The molecule has 0 fully saturated rings. The fraction of sp³-hybridized carbons (Fsp3) is 0.0667. The first-order chi connectivity index (χ1) is 12.1. The van der Waals surface area contributed by atoms with E-state index in [0.717, 1.165) is 0 Å². The molecule has 0 unspecified atom stereocenters. The van der Waals surface area contributed by atoms with Crippen LogP contribution in [-0.2, 0) is 11.3 Å². The predicted octanol–water partition coefficient (Wildman–Crippen LogP) is 4.11. The van der Waals surface area contributed by atoms with Crippen LogP contribution in [-0.4, -0.2) is 25.5 Å². The molecule has 1 aromatic carbocycles. The minimum absolute atomic E-state index is 0.0852. The van der Waals surface area contributed by atoms with Gasteiger partial charge in [0.25, 0.3) is 5.89 Å². The average molecular weight is 395 g/mol. The zero-order chi connectivity index (χ0) is 17.4. The standard InChI is InChI=1S/C15H8Cl2N4O3S/c16-9-3-1-2-8(6-9)13-18-10(24-20-13)7-23-14(22)11-12(17)19-15-21(11)4-5-25-15/h1-6H,7H2. The van der Waals surface area contributed by atoms with Crippen molar-refractivity contribution in [3.8, 4) is 11.4 Å². The number of carbonyl (C=O) groups excluding carboxylic acids is 1. The number of hydrogen-bond acceptors (Lipinski definition) is 7. The zero-order valence-electron chi connectivity index (χ0n) is 12.3. The Morgan fingerprint density at radius 2 is 2.20 bits per heavy atom. The summed E-state index contributed by atoms with van der Waals surface area (Å²) in [5.74, 6) is -0.111. The van der Waals surface area contributed by atoms with Gasteiger partial charge in [0.05, 0.1) is 0 Å². The molecule has 0 saturated heterocycles. The average Bonchev–Trinajstić information content (AvgIpc) is 3.28. The van der Waals surface area contributed by atoms with Crippen LogP contribution >= 0.6 is 34.5 Å². The first-order valence-corrected chi connectivity index (χ1v) is 8.62. The number of ether oxygens (including phenoxy) is 1. The van der Waals surface area contributed by atoms with Gasteiger partial charge < -0.3 is 9.26 Å². The Balaban J connectivity index is 1.49. The summed E-state index contributed by atoms with van der Waals surface area (Å²) in [5.41, 5.74) is 0.861. The molecule has 0 aliphatic rings. The number of hydrogen-bond donors (Lipinski definition) is 0. The van der Waals surface area contributed by atoms with Gasteiger partial charge in [-0.05, 0) is 12.1 Å². The number of nitrogens with zero attached hydrogens (tertiary/aromatic N) is 4. The molecular formula is C15H8Cl2N4O3S. The molecule has 0 amide bonds. The summed E-state index contributed by atoms with van der Waals surface area (Å²) in [4.78, 5) is 21.1. The van der Waals surface area contributed by atoms with E-state index in [4.69, 9.17) is 32.5 Å². The van der Waals surface area contributed by atoms with E-state index < -0.39 is 5.97 Å². The van der Waals surface area contributed by atoms with Crippen molar-refractivity contribution in [1.82, 2.24) is 19.5 Å². The highest BCUT2D eigenvalue weighted by molar-refractivity contribution is 7.15. The number of aromatic nitrogens is 4. The number of esters is 1. The summed E-state index contributed by atoms with van der Waals surface area (Å²) >= 11 is 13.3. The molecule has 7 nitrogen and oxygen atoms in total. The van der Waals surface area contributed by atoms with Gasteiger partial charge in [0.1, 0.15) is 0 Å². The normalized spacial score (nSPS) is 11.1. The van der Waals surface area contributed by atoms with Crippen LogP contribution in [0, 0.1) is 0 Å². The molecule has 10 heteroatoms. The van der Waals surface area contributed by atoms with Crippen LogP contribution in [0.15, 0.2) is 40.4 Å². The molecule has 0 aliphatic heterocycles. The van der Waals surface area contributed by atoms with Gasteiger partial charge in [0, 0.05) is 22.2 Å². The minimum atomic E-state index is -0.626. The quantitative estimate of drug-likeness (QED) is 0.484. The number of carbonyl (C=O) groups is 1. The van der Waals surface area contributed by atoms with Gasteiger partial charge in [0.2, 0.25) is 5.82 Å². The minimum Gasteiger partial charge on any atom is -0.451 e. The monoisotopic (exact) mass is 394 g/mol. The van der Waals surface area contributed by atoms with Crippen molar-refractivity contribution < 1.29 is 14.1 Å². The molecule has 0 saturated carbocycles. The Bertz CT molecular complexity index is 1070. The maximum atomic E-state index is 12.3. The first kappa shape index (κ1) is 16.1. The Labute approximate surface area is 154 Å². The van der Waals surface area contributed by atoms with Gasteiger partial charge in [0.15, 0.2) is 22.4 Å². The second-order valence-electron chi connectivity index (χ2n) is 4.91. The number of fused-ring (bicyclic) bond motifs is 1. The molecule has 0 atom stereocenters. The van der Waals surface area contributed by atoms with E-state index in [2.05, 4.69) is 15.1 Å². The lowest BCUT2D eigenvalue weighted by Crippen LogP contribution is -2.08. The lowest BCUT2D eigenvalue weighted by atomic mass is 10.2. The van der Waals surface area contributed by atoms with Gasteiger partial charge in [-0.25, -0.2) is 9.78 Å². The van der Waals surface area contributed by atoms with E-state index in [9.17, 15) is 4.79 Å². The third-order valence-corrected chi connectivity index (χ3v) is 4.55. The van der Waals surface area contributed by atoms with Crippen molar-refractivity contribution in [2.75, 3.05) is 0 Å². The smallest absolute Gasteiger partial charge is 0.359 e. The number of thiazole rings is 1. The molecule has 4 rings (SSSR count). The second kappa shape index (κ2) is 6.47. The van der Waals surface area contributed by atoms with E-state index in [1.807, 2.05) is 0 Å². The maximum Gasteiger partial charge on any atom is 0.359 e. The van der Waals surface area contributed by atoms with Gasteiger partial charge in [-0.15, -0.1) is 11.3 Å². The van der Waals surface area contributed by atoms with Gasteiger partial charge in [-0.2, -0.15) is 4.98 Å².